The Kier molecular flexibility index (Phi) is 4.04. The molecule has 24 heavy (non-hydrogen) atoms. The first kappa shape index (κ1) is 15.6. The average Bonchev–Trinajstić information content (AvgIpc) is 3.31. The van der Waals surface area contributed by atoms with Gasteiger partial charge < -0.3 is 9.47 Å². The molecule has 1 saturated heterocycles. The van der Waals surface area contributed by atoms with E-state index in [1.165, 1.54) is 12.0 Å². The highest BCUT2D eigenvalue weighted by Gasteiger charge is 2.43. The van der Waals surface area contributed by atoms with Gasteiger partial charge in [0.1, 0.15) is 5.82 Å². The number of likely N-dealkylation sites (N-methyl/N-ethyl adjacent to an activating group) is 1. The van der Waals surface area contributed by atoms with Crippen LogP contribution >= 0.6 is 0 Å². The van der Waals surface area contributed by atoms with Crippen molar-refractivity contribution in [2.45, 2.75) is 38.1 Å². The molecule has 1 aliphatic heterocycles. The third-order valence-corrected chi connectivity index (χ3v) is 5.69. The first-order valence-corrected chi connectivity index (χ1v) is 9.12. The van der Waals surface area contributed by atoms with Crippen LogP contribution in [0.5, 0.6) is 0 Å². The first-order chi connectivity index (χ1) is 11.7. The van der Waals surface area contributed by atoms with E-state index in [0.717, 1.165) is 38.0 Å². The van der Waals surface area contributed by atoms with Crippen LogP contribution in [0.4, 0.5) is 5.95 Å². The van der Waals surface area contributed by atoms with Gasteiger partial charge in [-0.3, -0.25) is 4.90 Å². The molecular weight excluding hydrogens is 298 g/mol. The molecule has 2 aliphatic rings. The van der Waals surface area contributed by atoms with Gasteiger partial charge in [0, 0.05) is 38.6 Å². The maximum atomic E-state index is 4.55. The van der Waals surface area contributed by atoms with Crippen LogP contribution in [0.15, 0.2) is 30.3 Å². The van der Waals surface area contributed by atoms with E-state index in [1.807, 2.05) is 0 Å². The van der Waals surface area contributed by atoms with Gasteiger partial charge in [-0.15, -0.1) is 10.2 Å². The number of nitrogens with zero attached hydrogens (tertiary/aromatic N) is 5. The topological polar surface area (TPSA) is 37.2 Å². The maximum absolute atomic E-state index is 4.55. The van der Waals surface area contributed by atoms with Crippen molar-refractivity contribution in [2.24, 2.45) is 7.05 Å². The molecule has 1 aromatic carbocycles. The molecule has 1 aliphatic carbocycles. The molecule has 2 fully saturated rings. The van der Waals surface area contributed by atoms with E-state index in [0.29, 0.717) is 17.9 Å². The molecule has 5 heteroatoms. The Morgan fingerprint density at radius 1 is 1.08 bits per heavy atom. The maximum Gasteiger partial charge on any atom is 0.227 e. The minimum Gasteiger partial charge on any atom is -0.338 e. The van der Waals surface area contributed by atoms with Gasteiger partial charge in [-0.2, -0.15) is 0 Å². The lowest BCUT2D eigenvalue weighted by Gasteiger charge is -2.39. The molecule has 3 atom stereocenters. The molecule has 2 aromatic rings. The van der Waals surface area contributed by atoms with Crippen molar-refractivity contribution >= 4 is 5.95 Å². The predicted molar refractivity (Wildman–Crippen MR) is 96.5 cm³/mol. The number of rotatable bonds is 4. The highest BCUT2D eigenvalue weighted by Crippen LogP contribution is 2.54. The van der Waals surface area contributed by atoms with Gasteiger partial charge in [0.2, 0.25) is 5.95 Å². The summed E-state index contributed by atoms with van der Waals surface area (Å²) >= 11 is 0. The lowest BCUT2D eigenvalue weighted by atomic mass is 10.1. The van der Waals surface area contributed by atoms with Gasteiger partial charge in [-0.05, 0) is 31.4 Å². The monoisotopic (exact) mass is 325 g/mol. The van der Waals surface area contributed by atoms with Gasteiger partial charge >= 0.3 is 0 Å². The van der Waals surface area contributed by atoms with Crippen LogP contribution in [0.2, 0.25) is 0 Å². The molecule has 128 valence electrons. The molecule has 1 aromatic heterocycles. The largest absolute Gasteiger partial charge is 0.338 e. The fourth-order valence-electron chi connectivity index (χ4n) is 4.13. The van der Waals surface area contributed by atoms with Gasteiger partial charge in [-0.25, -0.2) is 0 Å². The third kappa shape index (κ3) is 2.71. The fraction of sp³-hybridized carbons (Fsp3) is 0.579. The van der Waals surface area contributed by atoms with Crippen LogP contribution in [0.25, 0.3) is 0 Å². The van der Waals surface area contributed by atoms with Crippen molar-refractivity contribution in [1.82, 2.24) is 19.7 Å². The second-order valence-electron chi connectivity index (χ2n) is 7.20. The summed E-state index contributed by atoms with van der Waals surface area (Å²) < 4.78 is 2.22. The molecule has 0 spiro atoms. The SMILES string of the molecule is CCN1CCN(c2nnc([C@@H]3C[C@H]3c3ccccc3)n2C)CC1C. The van der Waals surface area contributed by atoms with Crippen LogP contribution < -0.4 is 4.90 Å². The zero-order chi connectivity index (χ0) is 16.7. The Bertz CT molecular complexity index is 695. The molecule has 1 unspecified atom stereocenters. The quantitative estimate of drug-likeness (QED) is 0.866. The average molecular weight is 325 g/mol. The Morgan fingerprint density at radius 2 is 1.88 bits per heavy atom. The van der Waals surface area contributed by atoms with Crippen molar-refractivity contribution in [1.29, 1.82) is 0 Å². The summed E-state index contributed by atoms with van der Waals surface area (Å²) in [6, 6.07) is 11.4. The predicted octanol–water partition coefficient (Wildman–Crippen LogP) is 2.62. The minimum absolute atomic E-state index is 0.521. The summed E-state index contributed by atoms with van der Waals surface area (Å²) in [5.41, 5.74) is 1.43. The van der Waals surface area contributed by atoms with Gasteiger partial charge in [0.15, 0.2) is 0 Å². The van der Waals surface area contributed by atoms with Crippen LogP contribution in [0.1, 0.15) is 43.5 Å². The van der Waals surface area contributed by atoms with E-state index in [4.69, 9.17) is 0 Å². The zero-order valence-electron chi connectivity index (χ0n) is 14.9. The molecule has 1 saturated carbocycles. The van der Waals surface area contributed by atoms with Crippen LogP contribution in [0.3, 0.4) is 0 Å². The first-order valence-electron chi connectivity index (χ1n) is 9.12. The van der Waals surface area contributed by atoms with Crippen molar-refractivity contribution in [3.63, 3.8) is 0 Å². The van der Waals surface area contributed by atoms with Crippen LogP contribution in [-0.4, -0.2) is 51.9 Å². The molecule has 0 bridgehead atoms. The van der Waals surface area contributed by atoms with E-state index >= 15 is 0 Å². The number of hydrogen-bond acceptors (Lipinski definition) is 4. The number of benzene rings is 1. The molecule has 2 heterocycles. The van der Waals surface area contributed by atoms with E-state index < -0.39 is 0 Å². The standard InChI is InChI=1S/C19H27N5/c1-4-23-10-11-24(13-14(23)2)19-21-20-18(22(19)3)17-12-16(17)15-8-6-5-7-9-15/h5-9,14,16-17H,4,10-13H2,1-3H3/t14?,16-,17+/m0/s1. The molecule has 5 nitrogen and oxygen atoms in total. The Labute approximate surface area is 144 Å². The minimum atomic E-state index is 0.521. The Hall–Kier alpha value is -1.88. The van der Waals surface area contributed by atoms with Crippen LogP contribution in [0, 0.1) is 0 Å². The molecule has 0 N–H and O–H groups in total. The summed E-state index contributed by atoms with van der Waals surface area (Å²) in [6.07, 6.45) is 1.19. The van der Waals surface area contributed by atoms with Gasteiger partial charge in [0.05, 0.1) is 0 Å². The number of anilines is 1. The smallest absolute Gasteiger partial charge is 0.227 e. The van der Waals surface area contributed by atoms with Crippen molar-refractivity contribution in [3.05, 3.63) is 41.7 Å². The van der Waals surface area contributed by atoms with E-state index in [1.54, 1.807) is 0 Å². The van der Waals surface area contributed by atoms with E-state index in [2.05, 4.69) is 75.8 Å². The highest BCUT2D eigenvalue weighted by molar-refractivity contribution is 5.37. The Balaban J connectivity index is 1.49. The lowest BCUT2D eigenvalue weighted by Crippen LogP contribution is -2.52. The summed E-state index contributed by atoms with van der Waals surface area (Å²) in [4.78, 5) is 4.92. The highest BCUT2D eigenvalue weighted by atomic mass is 15.4. The van der Waals surface area contributed by atoms with Crippen molar-refractivity contribution < 1.29 is 0 Å². The molecule has 4 rings (SSSR count). The molecule has 0 radical (unpaired) electrons. The van der Waals surface area contributed by atoms with Crippen LogP contribution in [-0.2, 0) is 7.05 Å². The molecule has 0 amide bonds. The Morgan fingerprint density at radius 3 is 2.58 bits per heavy atom. The van der Waals surface area contributed by atoms with E-state index in [9.17, 15) is 0 Å². The number of piperazine rings is 1. The summed E-state index contributed by atoms with van der Waals surface area (Å²) in [5.74, 6) is 3.31. The second-order valence-corrected chi connectivity index (χ2v) is 7.20. The van der Waals surface area contributed by atoms with Crippen molar-refractivity contribution in [3.8, 4) is 0 Å². The zero-order valence-corrected chi connectivity index (χ0v) is 14.9. The summed E-state index contributed by atoms with van der Waals surface area (Å²) in [6.45, 7) is 8.85. The van der Waals surface area contributed by atoms with Gasteiger partial charge in [-0.1, -0.05) is 37.3 Å². The molecular formula is C19H27N5. The lowest BCUT2D eigenvalue weighted by molar-refractivity contribution is 0.198. The summed E-state index contributed by atoms with van der Waals surface area (Å²) in [5, 5.41) is 9.09. The van der Waals surface area contributed by atoms with Gasteiger partial charge in [0.25, 0.3) is 0 Å². The second kappa shape index (κ2) is 6.20. The van der Waals surface area contributed by atoms with Crippen molar-refractivity contribution in [2.75, 3.05) is 31.1 Å². The number of aromatic nitrogens is 3. The third-order valence-electron chi connectivity index (χ3n) is 5.69. The summed E-state index contributed by atoms with van der Waals surface area (Å²) in [7, 11) is 2.13. The van der Waals surface area contributed by atoms with E-state index in [-0.39, 0.29) is 0 Å². The fourth-order valence-corrected chi connectivity index (χ4v) is 4.13. The normalized spacial score (nSPS) is 27.5. The number of hydrogen-bond donors (Lipinski definition) is 0.